The molecule has 57 heavy (non-hydrogen) atoms. The molecule has 12 aromatic rings. The molecule has 0 atom stereocenters. The van der Waals surface area contributed by atoms with Crippen LogP contribution in [0.5, 0.6) is 0 Å². The van der Waals surface area contributed by atoms with Gasteiger partial charge in [-0.25, -0.2) is 0 Å². The van der Waals surface area contributed by atoms with Gasteiger partial charge < -0.3 is 4.57 Å². The van der Waals surface area contributed by atoms with E-state index in [-0.39, 0.29) is 0 Å². The van der Waals surface area contributed by atoms with Gasteiger partial charge in [0.15, 0.2) is 0 Å². The first kappa shape index (κ1) is 31.6. The molecule has 0 bridgehead atoms. The predicted molar refractivity (Wildman–Crippen MR) is 241 cm³/mol. The normalized spacial score (nSPS) is 11.8. The Balaban J connectivity index is 1.18. The summed E-state index contributed by atoms with van der Waals surface area (Å²) >= 11 is 0. The van der Waals surface area contributed by atoms with Gasteiger partial charge in [0, 0.05) is 16.5 Å². The highest BCUT2D eigenvalue weighted by Crippen LogP contribution is 2.47. The van der Waals surface area contributed by atoms with Gasteiger partial charge in [-0.05, 0) is 142 Å². The number of nitriles is 1. The second kappa shape index (κ2) is 12.1. The third-order valence-corrected chi connectivity index (χ3v) is 12.0. The molecule has 0 N–H and O–H groups in total. The number of aromatic nitrogens is 1. The summed E-state index contributed by atoms with van der Waals surface area (Å²) < 4.78 is 2.34. The van der Waals surface area contributed by atoms with E-state index in [1.807, 2.05) is 12.1 Å². The lowest BCUT2D eigenvalue weighted by atomic mass is 9.84. The lowest BCUT2D eigenvalue weighted by Gasteiger charge is -2.19. The predicted octanol–water partition coefficient (Wildman–Crippen LogP) is 14.9. The van der Waals surface area contributed by atoms with E-state index in [0.29, 0.717) is 5.56 Å². The number of nitrogens with zero attached hydrogens (tertiary/aromatic N) is 2. The van der Waals surface area contributed by atoms with E-state index in [9.17, 15) is 5.26 Å². The molecule has 11 aromatic carbocycles. The Morgan fingerprint density at radius 3 is 1.47 bits per heavy atom. The molecule has 0 amide bonds. The maximum Gasteiger partial charge on any atom is 0.0992 e. The van der Waals surface area contributed by atoms with E-state index in [0.717, 1.165) is 33.2 Å². The van der Waals surface area contributed by atoms with Crippen LogP contribution in [0.1, 0.15) is 5.56 Å². The molecule has 2 nitrogen and oxygen atoms in total. The lowest BCUT2D eigenvalue weighted by molar-refractivity contribution is 1.18. The van der Waals surface area contributed by atoms with E-state index < -0.39 is 0 Å². The van der Waals surface area contributed by atoms with Gasteiger partial charge in [-0.3, -0.25) is 0 Å². The first-order valence-electron chi connectivity index (χ1n) is 19.5. The summed E-state index contributed by atoms with van der Waals surface area (Å²) in [7, 11) is 0. The average molecular weight is 721 g/mol. The van der Waals surface area contributed by atoms with Crippen molar-refractivity contribution >= 4 is 75.7 Å². The molecular formula is C55H32N2. The number of fused-ring (bicyclic) bond motifs is 4. The highest BCUT2D eigenvalue weighted by Gasteiger charge is 2.21. The van der Waals surface area contributed by atoms with E-state index >= 15 is 0 Å². The Hall–Kier alpha value is -7.73. The summed E-state index contributed by atoms with van der Waals surface area (Å²) in [5.41, 5.74) is 11.1. The zero-order chi connectivity index (χ0) is 37.6. The monoisotopic (exact) mass is 720 g/mol. The topological polar surface area (TPSA) is 28.7 Å². The van der Waals surface area contributed by atoms with Gasteiger partial charge in [-0.1, -0.05) is 140 Å². The number of para-hydroxylation sites is 1. The zero-order valence-electron chi connectivity index (χ0n) is 30.9. The van der Waals surface area contributed by atoms with Crippen molar-refractivity contribution in [1.82, 2.24) is 4.57 Å². The van der Waals surface area contributed by atoms with E-state index in [2.05, 4.69) is 193 Å². The molecule has 0 unspecified atom stereocenters. The summed E-state index contributed by atoms with van der Waals surface area (Å²) in [4.78, 5) is 0. The van der Waals surface area contributed by atoms with Crippen molar-refractivity contribution in [2.24, 2.45) is 0 Å². The fourth-order valence-corrected chi connectivity index (χ4v) is 9.52. The Kier molecular flexibility index (Phi) is 6.73. The Bertz CT molecular complexity index is 3640. The number of rotatable bonds is 4. The van der Waals surface area contributed by atoms with Crippen molar-refractivity contribution in [3.05, 3.63) is 200 Å². The van der Waals surface area contributed by atoms with Crippen molar-refractivity contribution in [2.75, 3.05) is 0 Å². The number of hydrogen-bond acceptors (Lipinski definition) is 1. The fourth-order valence-electron chi connectivity index (χ4n) is 9.52. The maximum absolute atomic E-state index is 10.0. The van der Waals surface area contributed by atoms with Gasteiger partial charge in [0.1, 0.15) is 0 Å². The summed E-state index contributed by atoms with van der Waals surface area (Å²) in [6.07, 6.45) is 0. The van der Waals surface area contributed by atoms with Gasteiger partial charge in [0.2, 0.25) is 0 Å². The Labute approximate surface area is 329 Å². The third kappa shape index (κ3) is 4.76. The van der Waals surface area contributed by atoms with Crippen LogP contribution >= 0.6 is 0 Å². The van der Waals surface area contributed by atoms with E-state index in [1.165, 1.54) is 81.5 Å². The van der Waals surface area contributed by atoms with Crippen LogP contribution in [0.15, 0.2) is 194 Å². The third-order valence-electron chi connectivity index (χ3n) is 12.0. The quantitative estimate of drug-likeness (QED) is 0.131. The van der Waals surface area contributed by atoms with Crippen LogP contribution in [-0.2, 0) is 0 Å². The molecular weight excluding hydrogens is 689 g/mol. The molecule has 0 saturated heterocycles. The number of hydrogen-bond donors (Lipinski definition) is 0. The minimum absolute atomic E-state index is 0.663. The van der Waals surface area contributed by atoms with Gasteiger partial charge >= 0.3 is 0 Å². The second-order valence-corrected chi connectivity index (χ2v) is 15.2. The number of benzene rings is 11. The molecule has 0 fully saturated rings. The standard InChI is InChI=1S/C55H32N2/c56-33-34-26-40-22-23-43-30-44(32-51-55(43)54(40)50(27-34)57(51)45-14-2-1-3-15-45)39-24-25-48-49(31-39)53(42-21-19-36-11-5-7-13-38(36)29-42)47-17-9-8-16-46(47)52(48)41-20-18-35-10-4-6-12-37(35)28-41/h1-32H. The summed E-state index contributed by atoms with van der Waals surface area (Å²) in [6.45, 7) is 0. The van der Waals surface area contributed by atoms with Crippen LogP contribution in [0, 0.1) is 11.3 Å². The molecule has 0 saturated carbocycles. The Morgan fingerprint density at radius 2 is 0.825 bits per heavy atom. The Morgan fingerprint density at radius 1 is 0.333 bits per heavy atom. The average Bonchev–Trinajstić information content (AvgIpc) is 3.61. The van der Waals surface area contributed by atoms with Crippen molar-refractivity contribution in [1.29, 1.82) is 5.26 Å². The SMILES string of the molecule is N#Cc1cc2ccc3cc(-c4ccc5c(-c6ccc7ccccc7c6)c6ccccc6c(-c6ccc7ccccc7c6)c5c4)cc4c3c2c(c1)n4-c1ccccc1. The summed E-state index contributed by atoms with van der Waals surface area (Å²) in [5, 5.41) is 24.6. The molecule has 1 aromatic heterocycles. The highest BCUT2D eigenvalue weighted by molar-refractivity contribution is 6.26. The fraction of sp³-hybridized carbons (Fsp3) is 0. The van der Waals surface area contributed by atoms with Crippen molar-refractivity contribution in [2.45, 2.75) is 0 Å². The van der Waals surface area contributed by atoms with Crippen LogP contribution in [0.3, 0.4) is 0 Å². The molecule has 0 spiro atoms. The first-order chi connectivity index (χ1) is 28.2. The van der Waals surface area contributed by atoms with E-state index in [4.69, 9.17) is 0 Å². The molecule has 0 aliphatic carbocycles. The van der Waals surface area contributed by atoms with Gasteiger partial charge in [-0.2, -0.15) is 5.26 Å². The molecule has 2 heteroatoms. The van der Waals surface area contributed by atoms with Crippen LogP contribution < -0.4 is 0 Å². The van der Waals surface area contributed by atoms with Gasteiger partial charge in [-0.15, -0.1) is 0 Å². The minimum Gasteiger partial charge on any atom is -0.309 e. The van der Waals surface area contributed by atoms with Crippen LogP contribution in [0.25, 0.3) is 115 Å². The second-order valence-electron chi connectivity index (χ2n) is 15.2. The summed E-state index contributed by atoms with van der Waals surface area (Å²) in [6, 6.07) is 73.1. The van der Waals surface area contributed by atoms with Gasteiger partial charge in [0.25, 0.3) is 0 Å². The van der Waals surface area contributed by atoms with E-state index in [1.54, 1.807) is 0 Å². The minimum atomic E-state index is 0.663. The van der Waals surface area contributed by atoms with Crippen LogP contribution in [-0.4, -0.2) is 4.57 Å². The smallest absolute Gasteiger partial charge is 0.0992 e. The maximum atomic E-state index is 10.0. The van der Waals surface area contributed by atoms with Gasteiger partial charge in [0.05, 0.1) is 22.7 Å². The van der Waals surface area contributed by atoms with Crippen LogP contribution in [0.4, 0.5) is 0 Å². The van der Waals surface area contributed by atoms with Crippen molar-refractivity contribution in [3.8, 4) is 45.1 Å². The zero-order valence-corrected chi connectivity index (χ0v) is 30.9. The van der Waals surface area contributed by atoms with Crippen LogP contribution in [0.2, 0.25) is 0 Å². The summed E-state index contributed by atoms with van der Waals surface area (Å²) in [5.74, 6) is 0. The molecule has 0 aliphatic rings. The molecule has 0 radical (unpaired) electrons. The lowest BCUT2D eigenvalue weighted by Crippen LogP contribution is -1.94. The van der Waals surface area contributed by atoms with Crippen molar-refractivity contribution < 1.29 is 0 Å². The highest BCUT2D eigenvalue weighted by atomic mass is 15.0. The molecule has 1 heterocycles. The first-order valence-corrected chi connectivity index (χ1v) is 19.5. The molecule has 0 aliphatic heterocycles. The molecule has 12 rings (SSSR count). The largest absolute Gasteiger partial charge is 0.309 e. The van der Waals surface area contributed by atoms with Crippen molar-refractivity contribution in [3.63, 3.8) is 0 Å². The molecule has 262 valence electrons.